The topological polar surface area (TPSA) is 88.6 Å². The molecule has 1 amide bonds. The number of hydrogen-bond acceptors (Lipinski definition) is 7. The summed E-state index contributed by atoms with van der Waals surface area (Å²) in [5.74, 6) is 1.53. The molecule has 0 unspecified atom stereocenters. The zero-order valence-electron chi connectivity index (χ0n) is 14.9. The monoisotopic (exact) mass is 345 g/mol. The Morgan fingerprint density at radius 2 is 1.88 bits per heavy atom. The van der Waals surface area contributed by atoms with E-state index in [-0.39, 0.29) is 11.6 Å². The Bertz CT molecular complexity index is 704. The van der Waals surface area contributed by atoms with E-state index in [0.29, 0.717) is 23.9 Å². The van der Waals surface area contributed by atoms with Crippen molar-refractivity contribution in [3.05, 3.63) is 36.3 Å². The number of aromatic nitrogens is 2. The SMILES string of the molecule is COc1ccc(Nc2cnc(C(=O)NCCN(C)C)cn2)cc1OC. The Morgan fingerprint density at radius 1 is 1.12 bits per heavy atom. The zero-order chi connectivity index (χ0) is 18.2. The molecular weight excluding hydrogens is 322 g/mol. The molecule has 1 aromatic carbocycles. The number of likely N-dealkylation sites (N-methyl/N-ethyl adjacent to an activating group) is 1. The summed E-state index contributed by atoms with van der Waals surface area (Å²) in [5.41, 5.74) is 1.05. The maximum Gasteiger partial charge on any atom is 0.271 e. The lowest BCUT2D eigenvalue weighted by atomic mass is 10.2. The molecule has 1 aromatic heterocycles. The van der Waals surface area contributed by atoms with Crippen molar-refractivity contribution < 1.29 is 14.3 Å². The molecule has 2 aromatic rings. The van der Waals surface area contributed by atoms with Crippen LogP contribution in [0.4, 0.5) is 11.5 Å². The Hall–Kier alpha value is -2.87. The average molecular weight is 345 g/mol. The first-order valence-corrected chi connectivity index (χ1v) is 7.77. The number of ether oxygens (including phenoxy) is 2. The van der Waals surface area contributed by atoms with Gasteiger partial charge in [-0.2, -0.15) is 0 Å². The van der Waals surface area contributed by atoms with E-state index < -0.39 is 0 Å². The van der Waals surface area contributed by atoms with E-state index in [1.165, 1.54) is 12.4 Å². The molecule has 0 spiro atoms. The van der Waals surface area contributed by atoms with Crippen molar-refractivity contribution in [2.75, 3.05) is 46.7 Å². The van der Waals surface area contributed by atoms with E-state index >= 15 is 0 Å². The number of carbonyl (C=O) groups excluding carboxylic acids is 1. The van der Waals surface area contributed by atoms with Crippen LogP contribution in [0.1, 0.15) is 10.5 Å². The summed E-state index contributed by atoms with van der Waals surface area (Å²) in [5, 5.41) is 5.90. The number of anilines is 2. The van der Waals surface area contributed by atoms with Crippen LogP contribution in [0.25, 0.3) is 0 Å². The van der Waals surface area contributed by atoms with Gasteiger partial charge in [0, 0.05) is 24.8 Å². The molecule has 8 heteroatoms. The zero-order valence-corrected chi connectivity index (χ0v) is 14.9. The van der Waals surface area contributed by atoms with E-state index in [1.807, 2.05) is 25.1 Å². The largest absolute Gasteiger partial charge is 0.493 e. The molecule has 134 valence electrons. The molecule has 8 nitrogen and oxygen atoms in total. The molecule has 0 atom stereocenters. The number of carbonyl (C=O) groups is 1. The van der Waals surface area contributed by atoms with Crippen molar-refractivity contribution >= 4 is 17.4 Å². The molecule has 0 aliphatic rings. The molecule has 2 N–H and O–H groups in total. The molecule has 0 fully saturated rings. The second-order valence-corrected chi connectivity index (χ2v) is 5.54. The smallest absolute Gasteiger partial charge is 0.271 e. The van der Waals surface area contributed by atoms with Crippen molar-refractivity contribution in [1.82, 2.24) is 20.2 Å². The summed E-state index contributed by atoms with van der Waals surface area (Å²) in [6, 6.07) is 5.43. The van der Waals surface area contributed by atoms with Gasteiger partial charge < -0.3 is 25.0 Å². The fraction of sp³-hybridized carbons (Fsp3) is 0.353. The minimum absolute atomic E-state index is 0.244. The average Bonchev–Trinajstić information content (AvgIpc) is 2.61. The summed E-state index contributed by atoms with van der Waals surface area (Å²) in [6.07, 6.45) is 2.95. The van der Waals surface area contributed by atoms with Gasteiger partial charge >= 0.3 is 0 Å². The number of hydrogen-bond donors (Lipinski definition) is 2. The fourth-order valence-corrected chi connectivity index (χ4v) is 2.06. The first kappa shape index (κ1) is 18.5. The first-order valence-electron chi connectivity index (χ1n) is 7.77. The van der Waals surface area contributed by atoms with Gasteiger partial charge in [0.05, 0.1) is 26.6 Å². The highest BCUT2D eigenvalue weighted by atomic mass is 16.5. The summed E-state index contributed by atoms with van der Waals surface area (Å²) in [6.45, 7) is 1.32. The van der Waals surface area contributed by atoms with Crippen LogP contribution in [-0.2, 0) is 0 Å². The van der Waals surface area contributed by atoms with E-state index in [9.17, 15) is 4.79 Å². The van der Waals surface area contributed by atoms with Crippen LogP contribution in [-0.4, -0.2) is 62.2 Å². The third-order valence-corrected chi connectivity index (χ3v) is 3.39. The van der Waals surface area contributed by atoms with Gasteiger partial charge in [-0.3, -0.25) is 4.79 Å². The number of nitrogens with one attached hydrogen (secondary N) is 2. The van der Waals surface area contributed by atoms with Crippen LogP contribution in [0.5, 0.6) is 11.5 Å². The second-order valence-electron chi connectivity index (χ2n) is 5.54. The van der Waals surface area contributed by atoms with E-state index in [1.54, 1.807) is 26.4 Å². The van der Waals surface area contributed by atoms with Gasteiger partial charge in [0.2, 0.25) is 0 Å². The van der Waals surface area contributed by atoms with Crippen LogP contribution in [0.2, 0.25) is 0 Å². The predicted octanol–water partition coefficient (Wildman–Crippen LogP) is 1.53. The van der Waals surface area contributed by atoms with Crippen molar-refractivity contribution in [3.8, 4) is 11.5 Å². The summed E-state index contributed by atoms with van der Waals surface area (Å²) < 4.78 is 10.5. The normalized spacial score (nSPS) is 10.4. The fourth-order valence-electron chi connectivity index (χ4n) is 2.06. The van der Waals surface area contributed by atoms with Gasteiger partial charge in [0.1, 0.15) is 11.5 Å². The van der Waals surface area contributed by atoms with Crippen LogP contribution < -0.4 is 20.1 Å². The quantitative estimate of drug-likeness (QED) is 0.750. The Balaban J connectivity index is 1.99. The number of amides is 1. The molecule has 0 saturated heterocycles. The van der Waals surface area contributed by atoms with Gasteiger partial charge in [0.25, 0.3) is 5.91 Å². The highest BCUT2D eigenvalue weighted by molar-refractivity contribution is 5.92. The molecule has 0 aliphatic heterocycles. The second kappa shape index (κ2) is 8.84. The summed E-state index contributed by atoms with van der Waals surface area (Å²) in [7, 11) is 7.05. The molecule has 0 saturated carbocycles. The molecule has 2 rings (SSSR count). The van der Waals surface area contributed by atoms with Crippen LogP contribution in [0.3, 0.4) is 0 Å². The van der Waals surface area contributed by atoms with Gasteiger partial charge in [-0.05, 0) is 26.2 Å². The minimum atomic E-state index is -0.244. The lowest BCUT2D eigenvalue weighted by molar-refractivity contribution is 0.0945. The van der Waals surface area contributed by atoms with Crippen molar-refractivity contribution in [2.24, 2.45) is 0 Å². The molecular formula is C17H23N5O3. The van der Waals surface area contributed by atoms with Gasteiger partial charge in [-0.1, -0.05) is 0 Å². The molecule has 1 heterocycles. The number of rotatable bonds is 8. The van der Waals surface area contributed by atoms with Crippen molar-refractivity contribution in [2.45, 2.75) is 0 Å². The Kier molecular flexibility index (Phi) is 6.53. The number of methoxy groups -OCH3 is 2. The number of benzene rings is 1. The summed E-state index contributed by atoms with van der Waals surface area (Å²) in [4.78, 5) is 22.3. The molecule has 0 aliphatic carbocycles. The van der Waals surface area contributed by atoms with E-state index in [0.717, 1.165) is 12.2 Å². The van der Waals surface area contributed by atoms with Crippen LogP contribution in [0.15, 0.2) is 30.6 Å². The van der Waals surface area contributed by atoms with Crippen LogP contribution in [0, 0.1) is 0 Å². The van der Waals surface area contributed by atoms with Gasteiger partial charge in [0.15, 0.2) is 11.5 Å². The Morgan fingerprint density at radius 3 is 2.48 bits per heavy atom. The highest BCUT2D eigenvalue weighted by Gasteiger charge is 2.09. The van der Waals surface area contributed by atoms with E-state index in [4.69, 9.17) is 9.47 Å². The Labute approximate surface area is 147 Å². The van der Waals surface area contributed by atoms with Crippen molar-refractivity contribution in [3.63, 3.8) is 0 Å². The third-order valence-electron chi connectivity index (χ3n) is 3.39. The predicted molar refractivity (Wildman–Crippen MR) is 95.7 cm³/mol. The van der Waals surface area contributed by atoms with Gasteiger partial charge in [-0.25, -0.2) is 9.97 Å². The van der Waals surface area contributed by atoms with Crippen LogP contribution >= 0.6 is 0 Å². The van der Waals surface area contributed by atoms with E-state index in [2.05, 4.69) is 20.6 Å². The highest BCUT2D eigenvalue weighted by Crippen LogP contribution is 2.30. The summed E-state index contributed by atoms with van der Waals surface area (Å²) >= 11 is 0. The third kappa shape index (κ3) is 5.32. The number of nitrogens with zero attached hydrogens (tertiary/aromatic N) is 3. The first-order chi connectivity index (χ1) is 12.0. The lowest BCUT2D eigenvalue weighted by Crippen LogP contribution is -2.31. The standard InChI is InChI=1S/C17H23N5O3/c1-22(2)8-7-18-17(23)13-10-20-16(11-19-13)21-12-5-6-14(24-3)15(9-12)25-4/h5-6,9-11H,7-8H2,1-4H3,(H,18,23)(H,20,21). The molecule has 25 heavy (non-hydrogen) atoms. The molecule has 0 bridgehead atoms. The van der Waals surface area contributed by atoms with Gasteiger partial charge in [-0.15, -0.1) is 0 Å². The van der Waals surface area contributed by atoms with Crippen molar-refractivity contribution in [1.29, 1.82) is 0 Å². The minimum Gasteiger partial charge on any atom is -0.493 e. The maximum atomic E-state index is 12.0. The lowest BCUT2D eigenvalue weighted by Gasteiger charge is -2.11. The molecule has 0 radical (unpaired) electrons. The maximum absolute atomic E-state index is 12.0.